The van der Waals surface area contributed by atoms with Gasteiger partial charge in [0.15, 0.2) is 0 Å². The average Bonchev–Trinajstić information content (AvgIpc) is 2.88. The zero-order chi connectivity index (χ0) is 30.6. The molecule has 2 heterocycles. The van der Waals surface area contributed by atoms with Crippen molar-refractivity contribution in [2.24, 2.45) is 16.6 Å². The maximum absolute atomic E-state index is 12.7. The molecule has 0 aliphatic carbocycles. The average molecular weight is 641 g/mol. The molecule has 1 saturated heterocycles. The van der Waals surface area contributed by atoms with E-state index in [1.165, 1.54) is 12.1 Å². The van der Waals surface area contributed by atoms with Crippen molar-refractivity contribution in [1.82, 2.24) is 10.2 Å². The van der Waals surface area contributed by atoms with Crippen molar-refractivity contribution in [3.8, 4) is 0 Å². The number of fused-ring (bicyclic) bond motifs is 1. The van der Waals surface area contributed by atoms with Crippen LogP contribution in [-0.4, -0.2) is 125 Å². The molecule has 3 atom stereocenters. The zero-order valence-electron chi connectivity index (χ0n) is 20.8. The molecule has 3 rings (SSSR count). The number of carbonyl (C=O) groups is 6. The minimum absolute atomic E-state index is 0. The van der Waals surface area contributed by atoms with Crippen LogP contribution in [0.1, 0.15) is 5.56 Å². The number of rotatable bonds is 11. The fourth-order valence-corrected chi connectivity index (χ4v) is 5.76. The minimum atomic E-state index is -4.70. The number of ether oxygens (including phenoxy) is 2. The molecule has 0 unspecified atom stereocenters. The van der Waals surface area contributed by atoms with E-state index in [-0.39, 0.29) is 63.0 Å². The van der Waals surface area contributed by atoms with Gasteiger partial charge < -0.3 is 36.5 Å². The number of anilines is 1. The predicted octanol–water partition coefficient (Wildman–Crippen LogP) is -3.03. The number of amides is 4. The molecule has 2 aliphatic heterocycles. The second-order valence-electron chi connectivity index (χ2n) is 8.49. The molecular weight excluding hydrogens is 615 g/mol. The van der Waals surface area contributed by atoms with Gasteiger partial charge in [-0.3, -0.25) is 19.3 Å². The van der Waals surface area contributed by atoms with Crippen molar-refractivity contribution in [2.45, 2.75) is 23.9 Å². The number of nitrogens with zero attached hydrogens (tertiary/aromatic N) is 2. The topological polar surface area (TPSA) is 292 Å². The van der Waals surface area contributed by atoms with Crippen molar-refractivity contribution in [3.05, 3.63) is 41.1 Å². The number of aliphatic carboxylic acids is 2. The molecule has 1 aromatic rings. The van der Waals surface area contributed by atoms with Gasteiger partial charge in [-0.05, 0) is 17.7 Å². The van der Waals surface area contributed by atoms with Crippen LogP contribution in [0.2, 0.25) is 0 Å². The summed E-state index contributed by atoms with van der Waals surface area (Å²) in [5.74, 6) is -4.11. The maximum atomic E-state index is 12.7. The van der Waals surface area contributed by atoms with Crippen LogP contribution in [0.3, 0.4) is 0 Å². The van der Waals surface area contributed by atoms with Gasteiger partial charge in [0.25, 0.3) is 5.91 Å². The van der Waals surface area contributed by atoms with Crippen LogP contribution in [-0.2, 0) is 45.3 Å². The first kappa shape index (κ1) is 34.8. The third-order valence-corrected chi connectivity index (χ3v) is 7.82. The summed E-state index contributed by atoms with van der Waals surface area (Å²) in [6, 6.07) is 2.22. The molecule has 2 aliphatic rings. The summed E-state index contributed by atoms with van der Waals surface area (Å²) in [6.45, 7) is -1.24. The van der Waals surface area contributed by atoms with E-state index in [1.54, 1.807) is 0 Å². The van der Waals surface area contributed by atoms with Crippen LogP contribution in [0.15, 0.2) is 35.5 Å². The van der Waals surface area contributed by atoms with E-state index in [1.807, 2.05) is 0 Å². The molecule has 0 saturated carbocycles. The van der Waals surface area contributed by atoms with E-state index in [9.17, 15) is 42.3 Å². The molecule has 0 bridgehead atoms. The van der Waals surface area contributed by atoms with E-state index in [0.717, 1.165) is 28.8 Å². The van der Waals surface area contributed by atoms with E-state index >= 15 is 0 Å². The van der Waals surface area contributed by atoms with Crippen molar-refractivity contribution in [1.29, 1.82) is 0 Å². The van der Waals surface area contributed by atoms with Crippen LogP contribution in [0.4, 0.5) is 15.3 Å². The summed E-state index contributed by atoms with van der Waals surface area (Å²) in [6.07, 6.45) is -2.90. The summed E-state index contributed by atoms with van der Waals surface area (Å²) in [4.78, 5) is 72.0. The van der Waals surface area contributed by atoms with Crippen molar-refractivity contribution in [2.75, 3.05) is 23.3 Å². The van der Waals surface area contributed by atoms with Gasteiger partial charge in [0.2, 0.25) is 5.91 Å². The molecule has 1 aromatic carbocycles. The number of primary amides is 1. The predicted molar refractivity (Wildman–Crippen MR) is 145 cm³/mol. The molecule has 42 heavy (non-hydrogen) atoms. The molecule has 0 spiro atoms. The molecule has 21 heteroatoms. The standard InChI is InChI=1S/C21H24N6O12S2.Na.H/c22-12(18(30)31)7-39-21(35)27(41(24,36)37)11-3-1-9(2-4-11)5-13(28)25-14-16(29)26-15(19(32)33)10(6-38-20(23)34)8-40-17(14)26;;/h1-4,12,14,17H,5-8,22H2,(H2,23,34)(H,25,28)(H,30,31)(H,32,33)(H2,24,36,37);;/t12-,14-,17-;;/m1../s1. The van der Waals surface area contributed by atoms with Gasteiger partial charge in [0.05, 0.1) is 12.1 Å². The Labute approximate surface area is 264 Å². The van der Waals surface area contributed by atoms with Crippen LogP contribution in [0.5, 0.6) is 0 Å². The fourth-order valence-electron chi connectivity index (χ4n) is 3.76. The molecular formula is C21H25N6NaO12S2. The Morgan fingerprint density at radius 2 is 1.76 bits per heavy atom. The van der Waals surface area contributed by atoms with Crippen molar-refractivity contribution < 1.29 is 56.9 Å². The molecule has 0 radical (unpaired) electrons. The summed E-state index contributed by atoms with van der Waals surface area (Å²) in [5, 5.41) is 25.2. The fraction of sp³-hybridized carbons (Fsp3) is 0.333. The monoisotopic (exact) mass is 640 g/mol. The van der Waals surface area contributed by atoms with E-state index in [2.05, 4.69) is 14.8 Å². The quantitative estimate of drug-likeness (QED) is 0.104. The molecule has 0 aromatic heterocycles. The number of nitrogens with two attached hydrogens (primary N) is 3. The molecule has 1 fully saturated rings. The second kappa shape index (κ2) is 14.2. The summed E-state index contributed by atoms with van der Waals surface area (Å²) >= 11 is 1.15. The Morgan fingerprint density at radius 1 is 1.14 bits per heavy atom. The number of benzene rings is 1. The summed E-state index contributed by atoms with van der Waals surface area (Å²) in [7, 11) is -4.70. The molecule has 4 amide bonds. The van der Waals surface area contributed by atoms with Crippen LogP contribution < -0.4 is 26.2 Å². The number of carbonyl (C=O) groups excluding carboxylic acids is 4. The van der Waals surface area contributed by atoms with E-state index in [0.29, 0.717) is 5.56 Å². The third kappa shape index (κ3) is 8.12. The number of hydrogen-bond donors (Lipinski definition) is 6. The van der Waals surface area contributed by atoms with E-state index in [4.69, 9.17) is 21.7 Å². The van der Waals surface area contributed by atoms with Crippen molar-refractivity contribution >= 4 is 93.2 Å². The zero-order valence-corrected chi connectivity index (χ0v) is 22.4. The SMILES string of the molecule is NC(=O)OCC1=C(C(=O)O)N2C(=O)[C@@H](NC(=O)Cc3ccc(N(C(=O)OC[C@@H](N)C(=O)O)S(N)(=O)=O)cc3)[C@H]2SC1.[NaH]. The Morgan fingerprint density at radius 3 is 2.29 bits per heavy atom. The Balaban J connectivity index is 0.00000616. The van der Waals surface area contributed by atoms with Crippen molar-refractivity contribution in [3.63, 3.8) is 0 Å². The summed E-state index contributed by atoms with van der Waals surface area (Å²) in [5.41, 5.74) is 10.0. The molecule has 9 N–H and O–H groups in total. The number of thioether (sulfide) groups is 1. The van der Waals surface area contributed by atoms with Crippen LogP contribution >= 0.6 is 11.8 Å². The van der Waals surface area contributed by atoms with Gasteiger partial charge in [0.1, 0.15) is 36.4 Å². The Bertz CT molecular complexity index is 1420. The number of nitrogens with one attached hydrogen (secondary N) is 1. The van der Waals surface area contributed by atoms with Gasteiger partial charge in [-0.25, -0.2) is 19.5 Å². The first-order valence-corrected chi connectivity index (χ1v) is 13.9. The third-order valence-electron chi connectivity index (χ3n) is 5.61. The van der Waals surface area contributed by atoms with Gasteiger partial charge >= 0.3 is 63.9 Å². The first-order valence-electron chi connectivity index (χ1n) is 11.3. The van der Waals surface area contributed by atoms with Gasteiger partial charge in [0, 0.05) is 11.3 Å². The number of carboxylic acid groups (broad SMARTS) is 2. The number of β-lactam (4-membered cyclic amide) rings is 1. The Hall–Kier alpha value is -3.40. The molecule has 18 nitrogen and oxygen atoms in total. The van der Waals surface area contributed by atoms with Crippen LogP contribution in [0, 0.1) is 0 Å². The second-order valence-corrected chi connectivity index (χ2v) is 11.0. The Kier molecular flexibility index (Phi) is 11.7. The normalized spacial score (nSPS) is 18.4. The number of carboxylic acids is 2. The van der Waals surface area contributed by atoms with E-state index < -0.39 is 76.8 Å². The van der Waals surface area contributed by atoms with Gasteiger partial charge in [-0.1, -0.05) is 12.1 Å². The van der Waals surface area contributed by atoms with Crippen LogP contribution in [0.25, 0.3) is 0 Å². The van der Waals surface area contributed by atoms with Gasteiger partial charge in [-0.15, -0.1) is 11.8 Å². The summed E-state index contributed by atoms with van der Waals surface area (Å²) < 4.78 is 33.3. The molecule has 224 valence electrons. The number of hydrogen-bond acceptors (Lipinski definition) is 12. The first-order chi connectivity index (χ1) is 19.1. The van der Waals surface area contributed by atoms with Gasteiger partial charge in [-0.2, -0.15) is 12.7 Å².